The third-order valence-electron chi connectivity index (χ3n) is 3.48. The summed E-state index contributed by atoms with van der Waals surface area (Å²) >= 11 is 0. The van der Waals surface area contributed by atoms with E-state index in [-0.39, 0.29) is 18.8 Å². The van der Waals surface area contributed by atoms with Gasteiger partial charge in [0.1, 0.15) is 10.7 Å². The van der Waals surface area contributed by atoms with E-state index in [0.29, 0.717) is 18.9 Å². The van der Waals surface area contributed by atoms with Crippen LogP contribution in [0.1, 0.15) is 12.8 Å². The van der Waals surface area contributed by atoms with Crippen LogP contribution in [0.3, 0.4) is 0 Å². The van der Waals surface area contributed by atoms with Gasteiger partial charge in [0.25, 0.3) is 9.84 Å². The van der Waals surface area contributed by atoms with Gasteiger partial charge in [-0.3, -0.25) is 0 Å². The number of alkyl halides is 3. The number of halogens is 4. The van der Waals surface area contributed by atoms with Gasteiger partial charge < -0.3 is 10.4 Å². The molecule has 1 aromatic carbocycles. The lowest BCUT2D eigenvalue weighted by molar-refractivity contribution is -0.0435. The van der Waals surface area contributed by atoms with E-state index in [1.807, 2.05) is 0 Å². The summed E-state index contributed by atoms with van der Waals surface area (Å²) in [5, 5.41) is 11.7. The lowest BCUT2D eigenvalue weighted by Gasteiger charge is -2.17. The molecule has 0 radical (unpaired) electrons. The molecule has 118 valence electrons. The van der Waals surface area contributed by atoms with Crippen LogP contribution in [0, 0.1) is 11.2 Å². The first-order chi connectivity index (χ1) is 9.61. The van der Waals surface area contributed by atoms with Crippen molar-refractivity contribution in [2.45, 2.75) is 23.2 Å². The fourth-order valence-electron chi connectivity index (χ4n) is 1.84. The Morgan fingerprint density at radius 2 is 1.90 bits per heavy atom. The van der Waals surface area contributed by atoms with Gasteiger partial charge in [-0.25, -0.2) is 12.8 Å². The smallest absolute Gasteiger partial charge is 0.396 e. The van der Waals surface area contributed by atoms with E-state index in [0.717, 1.165) is 12.1 Å². The second kappa shape index (κ2) is 5.13. The monoisotopic (exact) mass is 327 g/mol. The fraction of sp³-hybridized carbons (Fsp3) is 0.500. The summed E-state index contributed by atoms with van der Waals surface area (Å²) in [6.45, 7) is -0.0297. The van der Waals surface area contributed by atoms with Crippen LogP contribution in [0.25, 0.3) is 0 Å². The predicted octanol–water partition coefficient (Wildman–Crippen LogP) is 2.30. The average Bonchev–Trinajstić information content (AvgIpc) is 3.16. The van der Waals surface area contributed by atoms with Crippen molar-refractivity contribution in [2.75, 3.05) is 18.5 Å². The second-order valence-corrected chi connectivity index (χ2v) is 7.01. The van der Waals surface area contributed by atoms with Gasteiger partial charge in [-0.1, -0.05) is 0 Å². The van der Waals surface area contributed by atoms with Crippen molar-refractivity contribution in [2.24, 2.45) is 5.41 Å². The standard InChI is InChI=1S/C12H13F4NO3S/c13-8-1-2-9(17-6-11(7-18)3-4-11)10(5-8)21(19,20)12(14,15)16/h1-2,5,17-18H,3-4,6-7H2. The van der Waals surface area contributed by atoms with Gasteiger partial charge in [-0.15, -0.1) is 0 Å². The maximum Gasteiger partial charge on any atom is 0.501 e. The molecule has 2 N–H and O–H groups in total. The molecule has 0 atom stereocenters. The van der Waals surface area contributed by atoms with E-state index < -0.39 is 31.5 Å². The molecule has 2 rings (SSSR count). The third-order valence-corrected chi connectivity index (χ3v) is 5.01. The minimum absolute atomic E-state index is 0.121. The summed E-state index contributed by atoms with van der Waals surface area (Å²) in [5.41, 5.74) is -6.27. The number of aliphatic hydroxyl groups excluding tert-OH is 1. The van der Waals surface area contributed by atoms with Crippen LogP contribution in [-0.4, -0.2) is 32.2 Å². The Kier molecular flexibility index (Phi) is 3.92. The normalized spacial score (nSPS) is 17.6. The van der Waals surface area contributed by atoms with E-state index >= 15 is 0 Å². The molecule has 1 aliphatic carbocycles. The molecule has 21 heavy (non-hydrogen) atoms. The Balaban J connectivity index is 2.34. The molecule has 1 saturated carbocycles. The van der Waals surface area contributed by atoms with Crippen molar-refractivity contribution in [3.63, 3.8) is 0 Å². The number of hydrogen-bond acceptors (Lipinski definition) is 4. The first-order valence-corrected chi connectivity index (χ1v) is 7.55. The number of anilines is 1. The Morgan fingerprint density at radius 1 is 1.29 bits per heavy atom. The van der Waals surface area contributed by atoms with Crippen molar-refractivity contribution in [1.29, 1.82) is 0 Å². The second-order valence-electron chi connectivity index (χ2n) is 5.10. The molecule has 1 aromatic rings. The van der Waals surface area contributed by atoms with Crippen LogP contribution in [0.5, 0.6) is 0 Å². The largest absolute Gasteiger partial charge is 0.501 e. The summed E-state index contributed by atoms with van der Waals surface area (Å²) in [7, 11) is -5.65. The highest BCUT2D eigenvalue weighted by Gasteiger charge is 2.48. The molecular weight excluding hydrogens is 314 g/mol. The summed E-state index contributed by atoms with van der Waals surface area (Å²) in [5.74, 6) is -1.08. The molecule has 0 aliphatic heterocycles. The Bertz CT molecular complexity index is 638. The Labute approximate surface area is 118 Å². The molecule has 1 fully saturated rings. The van der Waals surface area contributed by atoms with Crippen molar-refractivity contribution in [1.82, 2.24) is 0 Å². The molecule has 0 saturated heterocycles. The van der Waals surface area contributed by atoms with Gasteiger partial charge in [0.05, 0.1) is 12.3 Å². The highest BCUT2D eigenvalue weighted by Crippen LogP contribution is 2.45. The lowest BCUT2D eigenvalue weighted by atomic mass is 10.1. The van der Waals surface area contributed by atoms with Crippen molar-refractivity contribution >= 4 is 15.5 Å². The van der Waals surface area contributed by atoms with Gasteiger partial charge in [0, 0.05) is 12.0 Å². The summed E-state index contributed by atoms with van der Waals surface area (Å²) in [6.07, 6.45) is 1.39. The van der Waals surface area contributed by atoms with E-state index in [1.165, 1.54) is 0 Å². The number of aliphatic hydroxyl groups is 1. The van der Waals surface area contributed by atoms with E-state index in [2.05, 4.69) is 5.32 Å². The Hall–Kier alpha value is -1.35. The maximum atomic E-state index is 13.1. The number of benzene rings is 1. The van der Waals surface area contributed by atoms with Crippen molar-refractivity contribution in [3.8, 4) is 0 Å². The fourth-order valence-corrected chi connectivity index (χ4v) is 2.79. The molecular formula is C12H13F4NO3S. The highest BCUT2D eigenvalue weighted by molar-refractivity contribution is 7.92. The van der Waals surface area contributed by atoms with Gasteiger partial charge in [-0.05, 0) is 31.0 Å². The highest BCUT2D eigenvalue weighted by atomic mass is 32.2. The number of hydrogen-bond donors (Lipinski definition) is 2. The number of rotatable bonds is 5. The van der Waals surface area contributed by atoms with Crippen LogP contribution in [-0.2, 0) is 9.84 Å². The van der Waals surface area contributed by atoms with Gasteiger partial charge in [0.2, 0.25) is 0 Å². The third kappa shape index (κ3) is 3.13. The first kappa shape index (κ1) is 16.0. The molecule has 0 heterocycles. The molecule has 9 heteroatoms. The summed E-state index contributed by atoms with van der Waals surface area (Å²) in [4.78, 5) is -1.15. The van der Waals surface area contributed by atoms with Crippen LogP contribution >= 0.6 is 0 Å². The molecule has 1 aliphatic rings. The number of nitrogens with one attached hydrogen (secondary N) is 1. The van der Waals surface area contributed by atoms with Crippen LogP contribution < -0.4 is 5.32 Å². The minimum atomic E-state index is -5.65. The zero-order chi connectivity index (χ0) is 15.9. The van der Waals surface area contributed by atoms with E-state index in [9.17, 15) is 26.0 Å². The summed E-state index contributed by atoms with van der Waals surface area (Å²) in [6, 6.07) is 2.15. The summed E-state index contributed by atoms with van der Waals surface area (Å²) < 4.78 is 73.8. The molecule has 0 amide bonds. The number of sulfone groups is 1. The minimum Gasteiger partial charge on any atom is -0.396 e. The first-order valence-electron chi connectivity index (χ1n) is 6.07. The topological polar surface area (TPSA) is 66.4 Å². The van der Waals surface area contributed by atoms with Crippen molar-refractivity contribution < 1.29 is 31.1 Å². The van der Waals surface area contributed by atoms with Gasteiger partial charge in [0.15, 0.2) is 0 Å². The SMILES string of the molecule is O=S(=O)(c1cc(F)ccc1NCC1(CO)CC1)C(F)(F)F. The van der Waals surface area contributed by atoms with Gasteiger partial charge >= 0.3 is 5.51 Å². The molecule has 0 aromatic heterocycles. The average molecular weight is 327 g/mol. The lowest BCUT2D eigenvalue weighted by Crippen LogP contribution is -2.26. The molecule has 4 nitrogen and oxygen atoms in total. The van der Waals surface area contributed by atoms with Crippen LogP contribution in [0.2, 0.25) is 0 Å². The van der Waals surface area contributed by atoms with E-state index in [1.54, 1.807) is 0 Å². The quantitative estimate of drug-likeness (QED) is 0.815. The van der Waals surface area contributed by atoms with Crippen molar-refractivity contribution in [3.05, 3.63) is 24.0 Å². The zero-order valence-corrected chi connectivity index (χ0v) is 11.6. The van der Waals surface area contributed by atoms with E-state index in [4.69, 9.17) is 5.11 Å². The maximum absolute atomic E-state index is 13.1. The molecule has 0 spiro atoms. The molecule has 0 unspecified atom stereocenters. The van der Waals surface area contributed by atoms with Crippen LogP contribution in [0.15, 0.2) is 23.1 Å². The predicted molar refractivity (Wildman–Crippen MR) is 66.9 cm³/mol. The van der Waals surface area contributed by atoms with Crippen LogP contribution in [0.4, 0.5) is 23.2 Å². The molecule has 0 bridgehead atoms. The Morgan fingerprint density at radius 3 is 2.38 bits per heavy atom. The zero-order valence-electron chi connectivity index (χ0n) is 10.7. The van der Waals surface area contributed by atoms with Gasteiger partial charge in [-0.2, -0.15) is 13.2 Å².